The van der Waals surface area contributed by atoms with Gasteiger partial charge in [0.2, 0.25) is 0 Å². The van der Waals surface area contributed by atoms with Gasteiger partial charge in [0, 0.05) is 50.6 Å². The van der Waals surface area contributed by atoms with Crippen molar-refractivity contribution in [3.63, 3.8) is 0 Å². The number of nitrogens with zero attached hydrogens (tertiary/aromatic N) is 1. The number of para-hydroxylation sites is 1. The molecule has 0 bridgehead atoms. The van der Waals surface area contributed by atoms with Crippen molar-refractivity contribution in [1.82, 2.24) is 0 Å². The highest BCUT2D eigenvalue weighted by molar-refractivity contribution is 7.16. The molecule has 0 amide bonds. The highest BCUT2D eigenvalue weighted by Gasteiger charge is 2.42. The van der Waals surface area contributed by atoms with Gasteiger partial charge in [-0.1, -0.05) is 56.9 Å². The first kappa shape index (κ1) is 27.8. The van der Waals surface area contributed by atoms with Crippen LogP contribution in [0.25, 0.3) is 16.5 Å². The number of hydrogen-bond donors (Lipinski definition) is 1. The van der Waals surface area contributed by atoms with Gasteiger partial charge < -0.3 is 10.0 Å². The summed E-state index contributed by atoms with van der Waals surface area (Å²) in [6, 6.07) is 25.6. The van der Waals surface area contributed by atoms with Crippen LogP contribution in [0.1, 0.15) is 100 Å². The van der Waals surface area contributed by atoms with E-state index in [4.69, 9.17) is 0 Å². The molecule has 1 aromatic heterocycles. The normalized spacial score (nSPS) is 19.6. The van der Waals surface area contributed by atoms with Crippen LogP contribution in [0.2, 0.25) is 0 Å². The minimum absolute atomic E-state index is 0.0182. The monoisotopic (exact) mass is 587 g/mol. The summed E-state index contributed by atoms with van der Waals surface area (Å²) in [6.45, 7) is 2.24. The van der Waals surface area contributed by atoms with E-state index in [2.05, 4.69) is 72.5 Å². The van der Waals surface area contributed by atoms with E-state index in [1.807, 2.05) is 0 Å². The third kappa shape index (κ3) is 5.14. The van der Waals surface area contributed by atoms with Crippen LogP contribution in [0.4, 0.5) is 11.4 Å². The Morgan fingerprint density at radius 3 is 2.67 bits per heavy atom. The largest absolute Gasteiger partial charge is 0.478 e. The molecule has 3 aromatic carbocycles. The summed E-state index contributed by atoms with van der Waals surface area (Å²) in [7, 11) is 0. The maximum Gasteiger partial charge on any atom is 0.335 e. The highest BCUT2D eigenvalue weighted by atomic mass is 32.1. The molecule has 4 aromatic rings. The quantitative estimate of drug-likeness (QED) is 0.156. The lowest BCUT2D eigenvalue weighted by Crippen LogP contribution is -2.26. The Kier molecular flexibility index (Phi) is 7.52. The zero-order valence-corrected chi connectivity index (χ0v) is 25.5. The second kappa shape index (κ2) is 11.6. The van der Waals surface area contributed by atoms with Gasteiger partial charge in [-0.3, -0.25) is 4.79 Å². The molecular formula is C38H37NO3S. The van der Waals surface area contributed by atoms with Crippen LogP contribution in [0, 0.1) is 0 Å². The molecule has 0 radical (unpaired) electrons. The molecular weight excluding hydrogens is 550 g/mol. The van der Waals surface area contributed by atoms with Gasteiger partial charge in [-0.2, -0.15) is 0 Å². The van der Waals surface area contributed by atoms with Crippen LogP contribution in [-0.4, -0.2) is 22.9 Å². The van der Waals surface area contributed by atoms with Gasteiger partial charge in [0.15, 0.2) is 5.78 Å². The lowest BCUT2D eigenvalue weighted by molar-refractivity contribution is 0.0696. The van der Waals surface area contributed by atoms with Gasteiger partial charge in [0.05, 0.1) is 5.56 Å². The summed E-state index contributed by atoms with van der Waals surface area (Å²) in [6.07, 6.45) is 12.1. The van der Waals surface area contributed by atoms with Crippen molar-refractivity contribution in [2.24, 2.45) is 0 Å². The molecule has 1 saturated carbocycles. The molecule has 2 heterocycles. The van der Waals surface area contributed by atoms with Crippen molar-refractivity contribution in [1.29, 1.82) is 0 Å². The molecule has 0 saturated heterocycles. The van der Waals surface area contributed by atoms with Gasteiger partial charge in [-0.05, 0) is 103 Å². The third-order valence-electron chi connectivity index (χ3n) is 9.53. The fraction of sp³-hybridized carbons (Fsp3) is 0.316. The van der Waals surface area contributed by atoms with Crippen LogP contribution in [-0.2, 0) is 12.8 Å². The molecule has 1 fully saturated rings. The topological polar surface area (TPSA) is 57.6 Å². The molecule has 3 aliphatic rings. The number of carboxylic acid groups (broad SMARTS) is 1. The lowest BCUT2D eigenvalue weighted by atomic mass is 9.95. The molecule has 0 spiro atoms. The highest BCUT2D eigenvalue weighted by Crippen LogP contribution is 2.53. The average Bonchev–Trinajstić information content (AvgIpc) is 3.79. The maximum atomic E-state index is 13.3. The van der Waals surface area contributed by atoms with Crippen molar-refractivity contribution in [3.8, 4) is 10.4 Å². The Morgan fingerprint density at radius 1 is 1.00 bits per heavy atom. The number of ketones is 1. The van der Waals surface area contributed by atoms with Crippen molar-refractivity contribution in [2.75, 3.05) is 4.90 Å². The molecule has 2 unspecified atom stereocenters. The number of hydrogen-bond acceptors (Lipinski definition) is 4. The van der Waals surface area contributed by atoms with Crippen LogP contribution < -0.4 is 4.90 Å². The Bertz CT molecular complexity index is 1730. The van der Waals surface area contributed by atoms with E-state index >= 15 is 0 Å². The van der Waals surface area contributed by atoms with Crippen LogP contribution in [0.3, 0.4) is 0 Å². The fourth-order valence-corrected chi connectivity index (χ4v) is 8.58. The number of unbranched alkanes of at least 4 members (excludes halogenated alkanes) is 3. The fourth-order valence-electron chi connectivity index (χ4n) is 7.41. The van der Waals surface area contributed by atoms with Crippen molar-refractivity contribution < 1.29 is 14.7 Å². The van der Waals surface area contributed by atoms with E-state index in [1.54, 1.807) is 23.5 Å². The zero-order chi connectivity index (χ0) is 29.5. The first-order valence-electron chi connectivity index (χ1n) is 15.7. The summed E-state index contributed by atoms with van der Waals surface area (Å²) in [5.74, 6) is -0.379. The van der Waals surface area contributed by atoms with Crippen molar-refractivity contribution >= 4 is 40.5 Å². The van der Waals surface area contributed by atoms with Gasteiger partial charge in [0.25, 0.3) is 0 Å². The number of rotatable bonds is 9. The second-order valence-corrected chi connectivity index (χ2v) is 13.3. The molecule has 5 heteroatoms. The predicted octanol–water partition coefficient (Wildman–Crippen LogP) is 9.85. The van der Waals surface area contributed by atoms with E-state index in [9.17, 15) is 14.7 Å². The Labute approximate surface area is 257 Å². The minimum atomic E-state index is -0.963. The first-order chi connectivity index (χ1) is 21.0. The molecule has 218 valence electrons. The molecule has 4 nitrogen and oxygen atoms in total. The summed E-state index contributed by atoms with van der Waals surface area (Å²) in [5, 5.41) is 9.43. The van der Waals surface area contributed by atoms with Gasteiger partial charge in [0.1, 0.15) is 0 Å². The van der Waals surface area contributed by atoms with E-state index < -0.39 is 5.97 Å². The zero-order valence-electron chi connectivity index (χ0n) is 24.6. The summed E-state index contributed by atoms with van der Waals surface area (Å²) in [5.41, 5.74) is 9.09. The number of aromatic carboxylic acids is 1. The standard InChI is InChI=1S/C38H37NO3S/c1-2-3-4-6-10-24-22-35(43-36(24)23-28-20-27-19-26(38(41)42)15-17-30(27)37(28)40)25-16-18-34-32(21-25)31-13-9-14-33(31)39(34)29-11-7-5-8-12-29/h5,7-8,11-12,15-19,21-23,31,33H,2-4,6,9-10,13-14,20H2,1H3,(H,41,42)/b28-23-. The summed E-state index contributed by atoms with van der Waals surface area (Å²) < 4.78 is 0. The number of allylic oxidation sites excluding steroid dienone is 1. The van der Waals surface area contributed by atoms with Crippen molar-refractivity contribution in [3.05, 3.63) is 111 Å². The van der Waals surface area contributed by atoms with Gasteiger partial charge in [-0.25, -0.2) is 4.79 Å². The van der Waals surface area contributed by atoms with E-state index in [-0.39, 0.29) is 11.3 Å². The third-order valence-corrected chi connectivity index (χ3v) is 10.7. The molecule has 1 N–H and O–H groups in total. The SMILES string of the molecule is CCCCCCc1cc(-c2ccc3c(c2)C2CCCC2N3c2ccccc2)sc1/C=C1/Cc2cc(C(=O)O)ccc2C1=O. The molecule has 2 atom stereocenters. The van der Waals surface area contributed by atoms with Gasteiger partial charge in [-0.15, -0.1) is 11.3 Å². The Hall–Kier alpha value is -3.96. The first-order valence-corrected chi connectivity index (χ1v) is 16.6. The van der Waals surface area contributed by atoms with E-state index in [0.29, 0.717) is 23.9 Å². The van der Waals surface area contributed by atoms with Crippen LogP contribution in [0.5, 0.6) is 0 Å². The minimum Gasteiger partial charge on any atom is -0.478 e. The Morgan fingerprint density at radius 2 is 1.86 bits per heavy atom. The number of aryl methyl sites for hydroxylation is 1. The van der Waals surface area contributed by atoms with Crippen LogP contribution >= 0.6 is 11.3 Å². The number of carbonyl (C=O) groups is 2. The lowest BCUT2D eigenvalue weighted by Gasteiger charge is -2.27. The number of thiophene rings is 1. The molecule has 1 aliphatic heterocycles. The average molecular weight is 588 g/mol. The molecule has 43 heavy (non-hydrogen) atoms. The van der Waals surface area contributed by atoms with Crippen LogP contribution in [0.15, 0.2) is 78.4 Å². The van der Waals surface area contributed by atoms with E-state index in [0.717, 1.165) is 28.9 Å². The Balaban J connectivity index is 1.23. The van der Waals surface area contributed by atoms with Gasteiger partial charge >= 0.3 is 5.97 Å². The summed E-state index contributed by atoms with van der Waals surface area (Å²) in [4.78, 5) is 29.8. The smallest absolute Gasteiger partial charge is 0.335 e. The number of carbonyl (C=O) groups excluding carboxylic acids is 1. The second-order valence-electron chi connectivity index (χ2n) is 12.2. The maximum absolute atomic E-state index is 13.3. The number of Topliss-reactive ketones (excluding diaryl/α,β-unsaturated/α-hetero) is 1. The van der Waals surface area contributed by atoms with Crippen molar-refractivity contribution in [2.45, 2.75) is 76.7 Å². The van der Waals surface area contributed by atoms with E-state index in [1.165, 1.54) is 77.5 Å². The molecule has 7 rings (SSSR count). The number of benzene rings is 3. The number of carboxylic acids is 1. The molecule has 2 aliphatic carbocycles. The predicted molar refractivity (Wildman–Crippen MR) is 176 cm³/mol. The number of fused-ring (bicyclic) bond motifs is 4. The number of anilines is 2. The summed E-state index contributed by atoms with van der Waals surface area (Å²) >= 11 is 1.78.